The van der Waals surface area contributed by atoms with Gasteiger partial charge in [-0.1, -0.05) is 0 Å². The molecule has 0 unspecified atom stereocenters. The van der Waals surface area contributed by atoms with E-state index in [1.54, 1.807) is 9.58 Å². The van der Waals surface area contributed by atoms with Gasteiger partial charge in [-0.15, -0.1) is 0 Å². The van der Waals surface area contributed by atoms with Crippen LogP contribution < -0.4 is 5.73 Å². The third-order valence-corrected chi connectivity index (χ3v) is 4.41. The molecule has 1 aliphatic rings. The number of anilines is 1. The van der Waals surface area contributed by atoms with E-state index in [0.29, 0.717) is 31.7 Å². The van der Waals surface area contributed by atoms with Crippen molar-refractivity contribution < 1.29 is 19.1 Å². The van der Waals surface area contributed by atoms with Crippen LogP contribution >= 0.6 is 0 Å². The van der Waals surface area contributed by atoms with E-state index in [2.05, 4.69) is 5.10 Å². The lowest BCUT2D eigenvalue weighted by atomic mass is 9.89. The minimum absolute atomic E-state index is 0.0361. The Morgan fingerprint density at radius 3 is 2.27 bits per heavy atom. The van der Waals surface area contributed by atoms with Crippen molar-refractivity contribution in [1.82, 2.24) is 14.7 Å². The molecule has 1 aliphatic heterocycles. The summed E-state index contributed by atoms with van der Waals surface area (Å²) in [4.78, 5) is 26.1. The number of likely N-dealkylation sites (tertiary alicyclic amines) is 1. The van der Waals surface area contributed by atoms with Gasteiger partial charge in [0, 0.05) is 24.7 Å². The standard InChI is InChI=1S/C18H30N4O4/c1-11(2)22-15(19)13(14(20-22)16(23)25-6)12-7-9-21(10-8-12)17(24)26-18(3,4)5/h11-12H,7-10,19H2,1-6H3. The van der Waals surface area contributed by atoms with Crippen LogP contribution in [0, 0.1) is 0 Å². The highest BCUT2D eigenvalue weighted by molar-refractivity contribution is 5.90. The normalized spacial score (nSPS) is 16.0. The number of amides is 1. The summed E-state index contributed by atoms with van der Waals surface area (Å²) in [6.45, 7) is 10.6. The molecule has 146 valence electrons. The van der Waals surface area contributed by atoms with Gasteiger partial charge < -0.3 is 20.1 Å². The largest absolute Gasteiger partial charge is 0.464 e. The molecular weight excluding hydrogens is 336 g/mol. The molecule has 0 aliphatic carbocycles. The molecule has 0 saturated carbocycles. The topological polar surface area (TPSA) is 99.7 Å². The van der Waals surface area contributed by atoms with Gasteiger partial charge in [-0.25, -0.2) is 14.3 Å². The Morgan fingerprint density at radius 1 is 1.23 bits per heavy atom. The summed E-state index contributed by atoms with van der Waals surface area (Å²) in [5, 5.41) is 4.37. The highest BCUT2D eigenvalue weighted by Gasteiger charge is 2.33. The number of hydrogen-bond acceptors (Lipinski definition) is 6. The Bertz CT molecular complexity index is 667. The van der Waals surface area contributed by atoms with E-state index in [9.17, 15) is 9.59 Å². The van der Waals surface area contributed by atoms with Crippen LogP contribution in [0.3, 0.4) is 0 Å². The number of hydrogen-bond donors (Lipinski definition) is 1. The monoisotopic (exact) mass is 366 g/mol. The van der Waals surface area contributed by atoms with Crippen molar-refractivity contribution >= 4 is 17.9 Å². The van der Waals surface area contributed by atoms with Crippen LogP contribution in [0.5, 0.6) is 0 Å². The number of nitrogens with two attached hydrogens (primary N) is 1. The maximum Gasteiger partial charge on any atom is 0.410 e. The first-order chi connectivity index (χ1) is 12.0. The second-order valence-electron chi connectivity index (χ2n) is 7.92. The van der Waals surface area contributed by atoms with E-state index >= 15 is 0 Å². The van der Waals surface area contributed by atoms with Crippen LogP contribution in [0.4, 0.5) is 10.6 Å². The zero-order chi connectivity index (χ0) is 19.6. The second-order valence-corrected chi connectivity index (χ2v) is 7.92. The summed E-state index contributed by atoms with van der Waals surface area (Å²) in [6.07, 6.45) is 1.07. The van der Waals surface area contributed by atoms with Gasteiger partial charge in [0.2, 0.25) is 0 Å². The number of nitrogen functional groups attached to an aromatic ring is 1. The van der Waals surface area contributed by atoms with E-state index in [4.69, 9.17) is 15.2 Å². The molecule has 8 nitrogen and oxygen atoms in total. The second kappa shape index (κ2) is 7.55. The summed E-state index contributed by atoms with van der Waals surface area (Å²) < 4.78 is 12.0. The number of esters is 1. The predicted molar refractivity (Wildman–Crippen MR) is 98.1 cm³/mol. The minimum atomic E-state index is -0.519. The van der Waals surface area contributed by atoms with E-state index in [-0.39, 0.29) is 23.7 Å². The van der Waals surface area contributed by atoms with Crippen LogP contribution in [0.25, 0.3) is 0 Å². The lowest BCUT2D eigenvalue weighted by Gasteiger charge is -2.33. The van der Waals surface area contributed by atoms with Crippen LogP contribution in [0.2, 0.25) is 0 Å². The number of rotatable bonds is 3. The maximum atomic E-state index is 12.2. The molecule has 2 N–H and O–H groups in total. The molecule has 0 radical (unpaired) electrons. The Kier molecular flexibility index (Phi) is 5.83. The molecular formula is C18H30N4O4. The van der Waals surface area contributed by atoms with Crippen molar-refractivity contribution in [3.05, 3.63) is 11.3 Å². The van der Waals surface area contributed by atoms with E-state index in [1.807, 2.05) is 34.6 Å². The molecule has 26 heavy (non-hydrogen) atoms. The smallest absolute Gasteiger partial charge is 0.410 e. The summed E-state index contributed by atoms with van der Waals surface area (Å²) in [5.74, 6) is 0.0621. The minimum Gasteiger partial charge on any atom is -0.464 e. The number of piperidine rings is 1. The predicted octanol–water partition coefficient (Wildman–Crippen LogP) is 2.95. The van der Waals surface area contributed by atoms with Crippen LogP contribution in [-0.4, -0.2) is 52.5 Å². The summed E-state index contributed by atoms with van der Waals surface area (Å²) >= 11 is 0. The van der Waals surface area contributed by atoms with Gasteiger partial charge in [0.05, 0.1) is 7.11 Å². The van der Waals surface area contributed by atoms with Crippen molar-refractivity contribution in [2.24, 2.45) is 0 Å². The number of carbonyl (C=O) groups is 2. The molecule has 2 rings (SSSR count). The highest BCUT2D eigenvalue weighted by atomic mass is 16.6. The van der Waals surface area contributed by atoms with Crippen molar-refractivity contribution in [3.8, 4) is 0 Å². The van der Waals surface area contributed by atoms with E-state index in [1.165, 1.54) is 7.11 Å². The van der Waals surface area contributed by atoms with Gasteiger partial charge in [0.25, 0.3) is 0 Å². The number of methoxy groups -OCH3 is 1. The van der Waals surface area contributed by atoms with E-state index < -0.39 is 11.6 Å². The zero-order valence-electron chi connectivity index (χ0n) is 16.5. The molecule has 1 aromatic rings. The number of nitrogens with zero attached hydrogens (tertiary/aromatic N) is 3. The zero-order valence-corrected chi connectivity index (χ0v) is 16.5. The first-order valence-electron chi connectivity index (χ1n) is 8.99. The molecule has 8 heteroatoms. The summed E-state index contributed by atoms with van der Waals surface area (Å²) in [5.41, 5.74) is 6.78. The molecule has 0 spiro atoms. The van der Waals surface area contributed by atoms with Gasteiger partial charge in [-0.2, -0.15) is 5.10 Å². The molecule has 1 saturated heterocycles. The quantitative estimate of drug-likeness (QED) is 0.826. The Balaban J connectivity index is 2.18. The van der Waals surface area contributed by atoms with Crippen molar-refractivity contribution in [1.29, 1.82) is 0 Å². The Hall–Kier alpha value is -2.25. The average molecular weight is 366 g/mol. The first kappa shape index (κ1) is 20.1. The Labute approximate surface area is 154 Å². The number of ether oxygens (including phenoxy) is 2. The lowest BCUT2D eigenvalue weighted by molar-refractivity contribution is 0.0204. The molecule has 1 amide bonds. The molecule has 1 aromatic heterocycles. The molecule has 0 bridgehead atoms. The fraction of sp³-hybridized carbons (Fsp3) is 0.722. The lowest BCUT2D eigenvalue weighted by Crippen LogP contribution is -2.41. The van der Waals surface area contributed by atoms with Gasteiger partial charge in [0.15, 0.2) is 5.69 Å². The summed E-state index contributed by atoms with van der Waals surface area (Å²) in [6, 6.07) is 0.0361. The van der Waals surface area contributed by atoms with Gasteiger partial charge in [0.1, 0.15) is 11.4 Å². The van der Waals surface area contributed by atoms with E-state index in [0.717, 1.165) is 5.56 Å². The van der Waals surface area contributed by atoms with Crippen LogP contribution in [0.1, 0.15) is 75.5 Å². The first-order valence-corrected chi connectivity index (χ1v) is 8.99. The van der Waals surface area contributed by atoms with Gasteiger partial charge >= 0.3 is 12.1 Å². The maximum absolute atomic E-state index is 12.2. The third-order valence-electron chi connectivity index (χ3n) is 4.41. The van der Waals surface area contributed by atoms with Gasteiger partial charge in [-0.05, 0) is 53.4 Å². The van der Waals surface area contributed by atoms with Crippen molar-refractivity contribution in [2.45, 2.75) is 65.0 Å². The van der Waals surface area contributed by atoms with Crippen LogP contribution in [0.15, 0.2) is 0 Å². The number of carbonyl (C=O) groups excluding carboxylic acids is 2. The number of aromatic nitrogens is 2. The molecule has 0 atom stereocenters. The SMILES string of the molecule is COC(=O)c1nn(C(C)C)c(N)c1C1CCN(C(=O)OC(C)(C)C)CC1. The van der Waals surface area contributed by atoms with Gasteiger partial charge in [-0.3, -0.25) is 0 Å². The average Bonchev–Trinajstić information content (AvgIpc) is 2.90. The van der Waals surface area contributed by atoms with Crippen molar-refractivity contribution in [3.63, 3.8) is 0 Å². The Morgan fingerprint density at radius 2 is 1.81 bits per heavy atom. The van der Waals surface area contributed by atoms with Crippen molar-refractivity contribution in [2.75, 3.05) is 25.9 Å². The fourth-order valence-electron chi connectivity index (χ4n) is 3.18. The highest BCUT2D eigenvalue weighted by Crippen LogP contribution is 2.36. The fourth-order valence-corrected chi connectivity index (χ4v) is 3.18. The third kappa shape index (κ3) is 4.28. The molecule has 2 heterocycles. The summed E-state index contributed by atoms with van der Waals surface area (Å²) in [7, 11) is 1.34. The van der Waals surface area contributed by atoms with Crippen LogP contribution in [-0.2, 0) is 9.47 Å². The molecule has 0 aromatic carbocycles. The molecule has 1 fully saturated rings.